The predicted octanol–water partition coefficient (Wildman–Crippen LogP) is 2.74. The molecule has 2 amide bonds. The molecular weight excluding hydrogens is 438 g/mol. The molecule has 4 rings (SSSR count). The van der Waals surface area contributed by atoms with E-state index in [1.165, 1.54) is 11.6 Å². The van der Waals surface area contributed by atoms with Crippen LogP contribution < -0.4 is 4.72 Å². The van der Waals surface area contributed by atoms with E-state index < -0.39 is 10.0 Å². The van der Waals surface area contributed by atoms with Crippen LogP contribution in [0.5, 0.6) is 0 Å². The van der Waals surface area contributed by atoms with Crippen molar-refractivity contribution in [3.8, 4) is 0 Å². The number of amides is 2. The van der Waals surface area contributed by atoms with Crippen LogP contribution in [0.4, 0.5) is 0 Å². The third-order valence-corrected chi connectivity index (χ3v) is 7.79. The number of carbonyl (C=O) groups excluding carboxylic acids is 2. The van der Waals surface area contributed by atoms with Gasteiger partial charge in [0.2, 0.25) is 15.9 Å². The van der Waals surface area contributed by atoms with Crippen molar-refractivity contribution < 1.29 is 18.0 Å². The summed E-state index contributed by atoms with van der Waals surface area (Å²) in [5.74, 6) is -0.0689. The summed E-state index contributed by atoms with van der Waals surface area (Å²) in [4.78, 5) is 29.4. The van der Waals surface area contributed by atoms with Crippen LogP contribution in [0.1, 0.15) is 47.2 Å². The van der Waals surface area contributed by atoms with Crippen molar-refractivity contribution in [1.82, 2.24) is 14.5 Å². The lowest BCUT2D eigenvalue weighted by Crippen LogP contribution is -2.50. The zero-order valence-corrected chi connectivity index (χ0v) is 19.8. The molecule has 1 aliphatic heterocycles. The quantitative estimate of drug-likeness (QED) is 0.644. The van der Waals surface area contributed by atoms with Crippen LogP contribution in [0.25, 0.3) is 0 Å². The molecule has 2 aromatic rings. The summed E-state index contributed by atoms with van der Waals surface area (Å²) in [5, 5.41) is 0. The van der Waals surface area contributed by atoms with Gasteiger partial charge in [0.1, 0.15) is 0 Å². The summed E-state index contributed by atoms with van der Waals surface area (Å²) >= 11 is 0. The van der Waals surface area contributed by atoms with Crippen molar-refractivity contribution in [3.05, 3.63) is 65.2 Å². The summed E-state index contributed by atoms with van der Waals surface area (Å²) < 4.78 is 27.8. The smallest absolute Gasteiger partial charge is 0.254 e. The molecule has 0 unspecified atom stereocenters. The molecule has 8 heteroatoms. The van der Waals surface area contributed by atoms with Gasteiger partial charge >= 0.3 is 0 Å². The molecule has 2 aliphatic rings. The first kappa shape index (κ1) is 23.4. The molecule has 2 aromatic carbocycles. The average molecular weight is 470 g/mol. The van der Waals surface area contributed by atoms with E-state index in [0.29, 0.717) is 38.2 Å². The molecule has 0 bridgehead atoms. The van der Waals surface area contributed by atoms with Gasteiger partial charge in [0.15, 0.2) is 0 Å². The van der Waals surface area contributed by atoms with Gasteiger partial charge in [-0.25, -0.2) is 13.1 Å². The van der Waals surface area contributed by atoms with Crippen LogP contribution in [-0.2, 0) is 21.2 Å². The van der Waals surface area contributed by atoms with E-state index in [9.17, 15) is 18.0 Å². The second-order valence-corrected chi connectivity index (χ2v) is 10.6. The van der Waals surface area contributed by atoms with Gasteiger partial charge in [-0.1, -0.05) is 36.4 Å². The van der Waals surface area contributed by atoms with E-state index in [2.05, 4.69) is 16.9 Å². The second-order valence-electron chi connectivity index (χ2n) is 8.88. The zero-order valence-electron chi connectivity index (χ0n) is 19.0. The lowest BCUT2D eigenvalue weighted by Gasteiger charge is -2.35. The fourth-order valence-electron chi connectivity index (χ4n) is 4.06. The topological polar surface area (TPSA) is 86.8 Å². The number of hydrogen-bond acceptors (Lipinski definition) is 4. The third-order valence-electron chi connectivity index (χ3n) is 6.27. The maximum Gasteiger partial charge on any atom is 0.254 e. The van der Waals surface area contributed by atoms with Gasteiger partial charge in [0.05, 0.1) is 4.90 Å². The van der Waals surface area contributed by atoms with Crippen LogP contribution in [0.2, 0.25) is 0 Å². The SMILES string of the molecule is Cc1ccc(S(=O)(=O)NC2CC2)cc1C(=O)N1CCN(C(=O)CCCc2ccccc2)CC1. The molecule has 0 spiro atoms. The highest BCUT2D eigenvalue weighted by Gasteiger charge is 2.30. The second kappa shape index (κ2) is 10.1. The van der Waals surface area contributed by atoms with Crippen LogP contribution in [0.3, 0.4) is 0 Å². The first-order valence-electron chi connectivity index (χ1n) is 11.6. The fraction of sp³-hybridized carbons (Fsp3) is 0.440. The number of aryl methyl sites for hydroxylation is 2. The first-order valence-corrected chi connectivity index (χ1v) is 13.1. The summed E-state index contributed by atoms with van der Waals surface area (Å²) in [5.41, 5.74) is 2.37. The Morgan fingerprint density at radius 1 is 0.970 bits per heavy atom. The Kier molecular flexibility index (Phi) is 7.14. The molecule has 1 aliphatic carbocycles. The zero-order chi connectivity index (χ0) is 23.4. The van der Waals surface area contributed by atoms with Gasteiger partial charge in [0, 0.05) is 44.2 Å². The van der Waals surface area contributed by atoms with Gasteiger partial charge < -0.3 is 9.80 Å². The number of hydrogen-bond donors (Lipinski definition) is 1. The Bertz CT molecular complexity index is 1110. The number of sulfonamides is 1. The Balaban J connectivity index is 1.31. The third kappa shape index (κ3) is 6.00. The Morgan fingerprint density at radius 2 is 1.64 bits per heavy atom. The highest BCUT2D eigenvalue weighted by molar-refractivity contribution is 7.89. The summed E-state index contributed by atoms with van der Waals surface area (Å²) in [6.07, 6.45) is 3.88. The van der Waals surface area contributed by atoms with Gasteiger partial charge in [-0.3, -0.25) is 9.59 Å². The number of carbonyl (C=O) groups is 2. The molecule has 1 saturated carbocycles. The minimum Gasteiger partial charge on any atom is -0.339 e. The first-order chi connectivity index (χ1) is 15.8. The summed E-state index contributed by atoms with van der Waals surface area (Å²) in [7, 11) is -3.62. The van der Waals surface area contributed by atoms with Crippen LogP contribution in [-0.4, -0.2) is 62.3 Å². The molecule has 7 nitrogen and oxygen atoms in total. The van der Waals surface area contributed by atoms with Crippen LogP contribution in [0, 0.1) is 6.92 Å². The highest BCUT2D eigenvalue weighted by atomic mass is 32.2. The molecular formula is C25H31N3O4S. The summed E-state index contributed by atoms with van der Waals surface area (Å²) in [6.45, 7) is 3.69. The largest absolute Gasteiger partial charge is 0.339 e. The molecule has 0 aromatic heterocycles. The number of nitrogens with zero attached hydrogens (tertiary/aromatic N) is 2. The Hall–Kier alpha value is -2.71. The van der Waals surface area contributed by atoms with Crippen molar-refractivity contribution in [2.45, 2.75) is 50.0 Å². The molecule has 1 heterocycles. The minimum atomic E-state index is -3.62. The van der Waals surface area contributed by atoms with E-state index in [1.807, 2.05) is 30.0 Å². The van der Waals surface area contributed by atoms with Crippen molar-refractivity contribution in [1.29, 1.82) is 0 Å². The summed E-state index contributed by atoms with van der Waals surface area (Å²) in [6, 6.07) is 14.8. The molecule has 1 N–H and O–H groups in total. The monoisotopic (exact) mass is 469 g/mol. The van der Waals surface area contributed by atoms with E-state index in [4.69, 9.17) is 0 Å². The van der Waals surface area contributed by atoms with Gasteiger partial charge in [0.25, 0.3) is 5.91 Å². The molecule has 0 radical (unpaired) electrons. The molecule has 176 valence electrons. The van der Waals surface area contributed by atoms with Gasteiger partial charge in [-0.15, -0.1) is 0 Å². The highest BCUT2D eigenvalue weighted by Crippen LogP contribution is 2.24. The molecule has 1 saturated heterocycles. The maximum absolute atomic E-state index is 13.1. The van der Waals surface area contributed by atoms with Crippen molar-refractivity contribution in [2.75, 3.05) is 26.2 Å². The van der Waals surface area contributed by atoms with Crippen molar-refractivity contribution in [3.63, 3.8) is 0 Å². The van der Waals surface area contributed by atoms with Crippen LogP contribution >= 0.6 is 0 Å². The number of nitrogens with one attached hydrogen (secondary N) is 1. The van der Waals surface area contributed by atoms with Crippen LogP contribution in [0.15, 0.2) is 53.4 Å². The maximum atomic E-state index is 13.1. The normalized spacial score (nSPS) is 16.6. The molecule has 2 fully saturated rings. The Labute approximate surface area is 195 Å². The van der Waals surface area contributed by atoms with E-state index >= 15 is 0 Å². The standard InChI is InChI=1S/C25H31N3O4S/c1-19-10-13-22(33(31,32)26-21-11-12-21)18-23(19)25(30)28-16-14-27(15-17-28)24(29)9-5-8-20-6-3-2-4-7-20/h2-4,6-7,10,13,18,21,26H,5,8-9,11-12,14-17H2,1H3. The van der Waals surface area contributed by atoms with Gasteiger partial charge in [-0.05, 0) is 55.9 Å². The molecule has 0 atom stereocenters. The lowest BCUT2D eigenvalue weighted by atomic mass is 10.1. The van der Waals surface area contributed by atoms with Crippen molar-refractivity contribution >= 4 is 21.8 Å². The Morgan fingerprint density at radius 3 is 2.30 bits per heavy atom. The van der Waals surface area contributed by atoms with E-state index in [-0.39, 0.29) is 22.8 Å². The fourth-order valence-corrected chi connectivity index (χ4v) is 5.39. The lowest BCUT2D eigenvalue weighted by molar-refractivity contribution is -0.132. The molecule has 33 heavy (non-hydrogen) atoms. The number of benzene rings is 2. The van der Waals surface area contributed by atoms with E-state index in [1.54, 1.807) is 17.0 Å². The number of piperazine rings is 1. The van der Waals surface area contributed by atoms with Crippen molar-refractivity contribution in [2.24, 2.45) is 0 Å². The predicted molar refractivity (Wildman–Crippen MR) is 126 cm³/mol. The minimum absolute atomic E-state index is 0.00811. The average Bonchev–Trinajstić information content (AvgIpc) is 3.63. The number of rotatable bonds is 8. The van der Waals surface area contributed by atoms with Gasteiger partial charge in [-0.2, -0.15) is 0 Å². The van der Waals surface area contributed by atoms with E-state index in [0.717, 1.165) is 31.2 Å².